The fourth-order valence-corrected chi connectivity index (χ4v) is 3.29. The number of piperidine rings is 1. The number of rotatable bonds is 1. The Morgan fingerprint density at radius 1 is 1.28 bits per heavy atom. The molecular weight excluding hydrogens is 232 g/mol. The van der Waals surface area contributed by atoms with Crippen LogP contribution in [0.1, 0.15) is 40.5 Å². The standard InChI is InChI=1S/C13H22N2O3/c1-7-5-8-6-9(7)15(10(8)11(14)16)12(17)18-13(2,3)4/h7-10H,5-6H2,1-4H3,(H2,14,16)/t7-,8+,9+,10+/m0/s1. The summed E-state index contributed by atoms with van der Waals surface area (Å²) in [5.41, 5.74) is 4.88. The third-order valence-electron chi connectivity index (χ3n) is 3.87. The molecule has 1 aliphatic carbocycles. The van der Waals surface area contributed by atoms with Gasteiger partial charge in [0.15, 0.2) is 0 Å². The van der Waals surface area contributed by atoms with Crippen LogP contribution in [0.2, 0.25) is 0 Å². The molecule has 1 aliphatic heterocycles. The van der Waals surface area contributed by atoms with Gasteiger partial charge in [0.2, 0.25) is 5.91 Å². The van der Waals surface area contributed by atoms with E-state index in [1.165, 1.54) is 0 Å². The van der Waals surface area contributed by atoms with Crippen molar-refractivity contribution in [2.75, 3.05) is 0 Å². The zero-order chi connectivity index (χ0) is 13.7. The van der Waals surface area contributed by atoms with Gasteiger partial charge in [-0.15, -0.1) is 0 Å². The number of hydrogen-bond acceptors (Lipinski definition) is 3. The van der Waals surface area contributed by atoms with Gasteiger partial charge in [0.1, 0.15) is 11.6 Å². The molecule has 2 rings (SSSR count). The van der Waals surface area contributed by atoms with Gasteiger partial charge in [-0.1, -0.05) is 6.92 Å². The Labute approximate surface area is 108 Å². The number of likely N-dealkylation sites (tertiary alicyclic amines) is 1. The Morgan fingerprint density at radius 2 is 1.89 bits per heavy atom. The van der Waals surface area contributed by atoms with E-state index in [0.717, 1.165) is 12.8 Å². The minimum atomic E-state index is -0.551. The quantitative estimate of drug-likeness (QED) is 0.770. The van der Waals surface area contributed by atoms with E-state index in [4.69, 9.17) is 10.5 Å². The summed E-state index contributed by atoms with van der Waals surface area (Å²) < 4.78 is 5.38. The highest BCUT2D eigenvalue weighted by atomic mass is 16.6. The number of carbonyl (C=O) groups excluding carboxylic acids is 2. The van der Waals surface area contributed by atoms with Gasteiger partial charge >= 0.3 is 6.09 Å². The van der Waals surface area contributed by atoms with Crippen LogP contribution >= 0.6 is 0 Å². The first kappa shape index (κ1) is 13.2. The van der Waals surface area contributed by atoms with Crippen molar-refractivity contribution < 1.29 is 14.3 Å². The fraction of sp³-hybridized carbons (Fsp3) is 0.846. The highest BCUT2D eigenvalue weighted by Crippen LogP contribution is 2.46. The molecule has 5 heteroatoms. The maximum atomic E-state index is 12.2. The van der Waals surface area contributed by atoms with E-state index in [2.05, 4.69) is 6.92 Å². The molecule has 2 N–H and O–H groups in total. The molecule has 18 heavy (non-hydrogen) atoms. The van der Waals surface area contributed by atoms with E-state index in [1.807, 2.05) is 20.8 Å². The van der Waals surface area contributed by atoms with Crippen LogP contribution in [-0.4, -0.2) is 34.6 Å². The van der Waals surface area contributed by atoms with Crippen molar-refractivity contribution in [1.82, 2.24) is 4.90 Å². The lowest BCUT2D eigenvalue weighted by Gasteiger charge is -2.37. The Morgan fingerprint density at radius 3 is 2.39 bits per heavy atom. The summed E-state index contributed by atoms with van der Waals surface area (Å²) in [5, 5.41) is 0. The molecule has 0 spiro atoms. The van der Waals surface area contributed by atoms with E-state index >= 15 is 0 Å². The molecular formula is C13H22N2O3. The molecule has 2 bridgehead atoms. The monoisotopic (exact) mass is 254 g/mol. The number of primary amides is 1. The summed E-state index contributed by atoms with van der Waals surface area (Å²) in [6.45, 7) is 7.57. The summed E-state index contributed by atoms with van der Waals surface area (Å²) in [6, 6.07) is -0.386. The van der Waals surface area contributed by atoms with Crippen LogP contribution in [0.25, 0.3) is 0 Å². The van der Waals surface area contributed by atoms with E-state index in [9.17, 15) is 9.59 Å². The van der Waals surface area contributed by atoms with E-state index in [1.54, 1.807) is 4.90 Å². The Kier molecular flexibility index (Phi) is 3.03. The number of nitrogens with zero attached hydrogens (tertiary/aromatic N) is 1. The van der Waals surface area contributed by atoms with Crippen molar-refractivity contribution in [3.8, 4) is 0 Å². The predicted molar refractivity (Wildman–Crippen MR) is 66.7 cm³/mol. The zero-order valence-electron chi connectivity index (χ0n) is 11.5. The number of nitrogens with two attached hydrogens (primary N) is 1. The maximum absolute atomic E-state index is 12.2. The van der Waals surface area contributed by atoms with E-state index in [-0.39, 0.29) is 12.0 Å². The number of fused-ring (bicyclic) bond motifs is 2. The fourth-order valence-electron chi connectivity index (χ4n) is 3.29. The topological polar surface area (TPSA) is 72.6 Å². The Balaban J connectivity index is 2.19. The zero-order valence-corrected chi connectivity index (χ0v) is 11.5. The van der Waals surface area contributed by atoms with E-state index in [0.29, 0.717) is 5.92 Å². The average molecular weight is 254 g/mol. The highest BCUT2D eigenvalue weighted by Gasteiger charge is 2.54. The second kappa shape index (κ2) is 4.14. The molecule has 0 aromatic heterocycles. The van der Waals surface area contributed by atoms with Crippen LogP contribution in [0.4, 0.5) is 4.79 Å². The second-order valence-corrected chi connectivity index (χ2v) is 6.51. The number of hydrogen-bond donors (Lipinski definition) is 1. The molecule has 0 radical (unpaired) electrons. The number of amides is 2. The van der Waals surface area contributed by atoms with Crippen LogP contribution in [0.15, 0.2) is 0 Å². The van der Waals surface area contributed by atoms with Gasteiger partial charge in [0.25, 0.3) is 0 Å². The smallest absolute Gasteiger partial charge is 0.411 e. The molecule has 102 valence electrons. The molecule has 1 saturated heterocycles. The molecule has 5 nitrogen and oxygen atoms in total. The average Bonchev–Trinajstić information content (AvgIpc) is 2.69. The van der Waals surface area contributed by atoms with E-state index < -0.39 is 23.6 Å². The van der Waals surface area contributed by atoms with Gasteiger partial charge < -0.3 is 10.5 Å². The van der Waals surface area contributed by atoms with Crippen LogP contribution in [-0.2, 0) is 9.53 Å². The first-order chi connectivity index (χ1) is 8.20. The SMILES string of the molecule is C[C@H]1C[C@@H]2C[C@H]1N(C(=O)OC(C)(C)C)[C@H]2C(N)=O. The molecule has 2 fully saturated rings. The normalized spacial score (nSPS) is 34.8. The van der Waals surface area contributed by atoms with Crippen LogP contribution < -0.4 is 5.73 Å². The number of ether oxygens (including phenoxy) is 1. The van der Waals surface area contributed by atoms with Crippen molar-refractivity contribution >= 4 is 12.0 Å². The van der Waals surface area contributed by atoms with Crippen LogP contribution in [0.3, 0.4) is 0 Å². The highest BCUT2D eigenvalue weighted by molar-refractivity contribution is 5.86. The van der Waals surface area contributed by atoms with Gasteiger partial charge in [0, 0.05) is 6.04 Å². The lowest BCUT2D eigenvalue weighted by molar-refractivity contribution is -0.125. The lowest BCUT2D eigenvalue weighted by atomic mass is 9.93. The molecule has 0 aromatic rings. The first-order valence-corrected chi connectivity index (χ1v) is 6.51. The summed E-state index contributed by atoms with van der Waals surface area (Å²) in [6.07, 6.45) is 1.43. The minimum Gasteiger partial charge on any atom is -0.444 e. The Hall–Kier alpha value is -1.26. The minimum absolute atomic E-state index is 0.0994. The third kappa shape index (κ3) is 2.18. The number of carbonyl (C=O) groups is 2. The van der Waals surface area contributed by atoms with Crippen molar-refractivity contribution in [1.29, 1.82) is 0 Å². The summed E-state index contributed by atoms with van der Waals surface area (Å²) in [5.74, 6) is 0.202. The second-order valence-electron chi connectivity index (χ2n) is 6.51. The molecule has 1 heterocycles. The van der Waals surface area contributed by atoms with Gasteiger partial charge in [-0.2, -0.15) is 0 Å². The van der Waals surface area contributed by atoms with Crippen molar-refractivity contribution in [2.45, 2.75) is 58.2 Å². The first-order valence-electron chi connectivity index (χ1n) is 6.51. The molecule has 0 unspecified atom stereocenters. The van der Waals surface area contributed by atoms with Gasteiger partial charge in [-0.3, -0.25) is 9.69 Å². The van der Waals surface area contributed by atoms with Crippen molar-refractivity contribution in [2.24, 2.45) is 17.6 Å². The van der Waals surface area contributed by atoms with Gasteiger partial charge in [-0.25, -0.2) is 4.79 Å². The summed E-state index contributed by atoms with van der Waals surface area (Å²) in [4.78, 5) is 25.3. The van der Waals surface area contributed by atoms with Crippen LogP contribution in [0, 0.1) is 11.8 Å². The summed E-state index contributed by atoms with van der Waals surface area (Å²) in [7, 11) is 0. The van der Waals surface area contributed by atoms with Crippen molar-refractivity contribution in [3.05, 3.63) is 0 Å². The summed E-state index contributed by atoms with van der Waals surface area (Å²) >= 11 is 0. The van der Waals surface area contributed by atoms with Gasteiger partial charge in [0.05, 0.1) is 0 Å². The molecule has 4 atom stereocenters. The maximum Gasteiger partial charge on any atom is 0.411 e. The molecule has 1 saturated carbocycles. The largest absolute Gasteiger partial charge is 0.444 e. The molecule has 2 aliphatic rings. The Bertz CT molecular complexity index is 375. The molecule has 0 aromatic carbocycles. The lowest BCUT2D eigenvalue weighted by Crippen LogP contribution is -2.54. The van der Waals surface area contributed by atoms with Crippen molar-refractivity contribution in [3.63, 3.8) is 0 Å². The predicted octanol–water partition coefficient (Wildman–Crippen LogP) is 1.51. The van der Waals surface area contributed by atoms with Gasteiger partial charge in [-0.05, 0) is 45.4 Å². The molecule has 2 amide bonds. The van der Waals surface area contributed by atoms with Crippen LogP contribution in [0.5, 0.6) is 0 Å². The third-order valence-corrected chi connectivity index (χ3v) is 3.87.